The van der Waals surface area contributed by atoms with Crippen LogP contribution in [0.1, 0.15) is 28.6 Å². The van der Waals surface area contributed by atoms with Gasteiger partial charge in [0.15, 0.2) is 0 Å². The van der Waals surface area contributed by atoms with Crippen LogP contribution >= 0.6 is 8.25 Å². The Labute approximate surface area is 87.0 Å². The second kappa shape index (κ2) is 5.17. The summed E-state index contributed by atoms with van der Waals surface area (Å²) in [6, 6.07) is 0. The molecule has 0 saturated carbocycles. The smallest absolute Gasteiger partial charge is 0.488 e. The summed E-state index contributed by atoms with van der Waals surface area (Å²) in [4.78, 5) is 10.4. The van der Waals surface area contributed by atoms with Gasteiger partial charge in [-0.1, -0.05) is 13.8 Å². The van der Waals surface area contributed by atoms with Gasteiger partial charge in [0.1, 0.15) is 6.10 Å². The van der Waals surface area contributed by atoms with Gasteiger partial charge in [-0.25, -0.2) is 0 Å². The molecule has 1 unspecified atom stereocenters. The zero-order chi connectivity index (χ0) is 11.6. The molecule has 1 fully saturated rings. The van der Waals surface area contributed by atoms with Gasteiger partial charge >= 0.3 is 8.25 Å². The van der Waals surface area contributed by atoms with E-state index < -0.39 is 20.9 Å². The average molecular weight is 222 g/mol. The first-order chi connectivity index (χ1) is 6.91. The number of ether oxygens (including phenoxy) is 1. The molecule has 0 aromatic carbocycles. The molecule has 1 heterocycles. The van der Waals surface area contributed by atoms with E-state index in [0.29, 0.717) is 12.3 Å². The molecule has 0 radical (unpaired) electrons. The molecule has 1 aliphatic heterocycles. The molecule has 1 aliphatic rings. The fourth-order valence-corrected chi connectivity index (χ4v) is 2.21. The van der Waals surface area contributed by atoms with E-state index in [2.05, 4.69) is 0 Å². The quantitative estimate of drug-likeness (QED) is 0.676. The first-order valence-corrected chi connectivity index (χ1v) is 5.90. The summed E-state index contributed by atoms with van der Waals surface area (Å²) in [7, 11) is -2.85. The minimum atomic E-state index is -2.85. The van der Waals surface area contributed by atoms with Crippen molar-refractivity contribution in [3.63, 3.8) is 0 Å². The Bertz CT molecular complexity index is 236. The molecular weight excluding hydrogens is 203 g/mol. The van der Waals surface area contributed by atoms with Crippen LogP contribution in [0.2, 0.25) is 0 Å². The topological polar surface area (TPSA) is 58.6 Å². The molecule has 1 saturated heterocycles. The van der Waals surface area contributed by atoms with Gasteiger partial charge in [-0.15, -0.1) is 4.52 Å². The van der Waals surface area contributed by atoms with Crippen molar-refractivity contribution in [1.82, 2.24) is 0 Å². The average Bonchev–Trinajstić information content (AvgIpc) is 2.46. The van der Waals surface area contributed by atoms with Gasteiger partial charge in [-0.3, -0.25) is 0 Å². The van der Waals surface area contributed by atoms with Crippen LogP contribution in [0.15, 0.2) is 0 Å². The van der Waals surface area contributed by atoms with E-state index in [-0.39, 0.29) is 12.0 Å². The third-order valence-electron chi connectivity index (χ3n) is 2.62. The van der Waals surface area contributed by atoms with Crippen molar-refractivity contribution in [2.45, 2.75) is 39.4 Å². The lowest BCUT2D eigenvalue weighted by Gasteiger charge is -2.24. The SMILES string of the molecule is [3H][C@H]1C[C@H](C(C)C)[C@@H]([C@H](C)O[P+](=O)[O-])O1. The molecule has 0 aromatic rings. The second-order valence-electron chi connectivity index (χ2n) is 3.95. The molecule has 0 spiro atoms. The van der Waals surface area contributed by atoms with Crippen LogP contribution in [-0.4, -0.2) is 18.8 Å². The highest BCUT2D eigenvalue weighted by atomic mass is 31.1. The Balaban J connectivity index is 2.61. The first kappa shape index (κ1) is 10.5. The van der Waals surface area contributed by atoms with Crippen molar-refractivity contribution >= 4 is 8.25 Å². The van der Waals surface area contributed by atoms with Crippen molar-refractivity contribution in [1.29, 1.82) is 0 Å². The molecule has 4 nitrogen and oxygen atoms in total. The lowest BCUT2D eigenvalue weighted by Crippen LogP contribution is -2.32. The lowest BCUT2D eigenvalue weighted by molar-refractivity contribution is -0.193. The summed E-state index contributed by atoms with van der Waals surface area (Å²) < 4.78 is 28.1. The molecule has 14 heavy (non-hydrogen) atoms. The van der Waals surface area contributed by atoms with Gasteiger partial charge in [0.2, 0.25) is 0 Å². The van der Waals surface area contributed by atoms with Crippen LogP contribution < -0.4 is 4.89 Å². The third-order valence-corrected chi connectivity index (χ3v) is 3.12. The third kappa shape index (κ3) is 2.99. The lowest BCUT2D eigenvalue weighted by atomic mass is 9.87. The molecule has 0 amide bonds. The predicted molar refractivity (Wildman–Crippen MR) is 50.8 cm³/mol. The fourth-order valence-electron chi connectivity index (χ4n) is 1.82. The second-order valence-corrected chi connectivity index (χ2v) is 4.60. The van der Waals surface area contributed by atoms with E-state index in [9.17, 15) is 9.46 Å². The fraction of sp³-hybridized carbons (Fsp3) is 1.00. The van der Waals surface area contributed by atoms with Crippen molar-refractivity contribution in [2.24, 2.45) is 11.8 Å². The van der Waals surface area contributed by atoms with Crippen LogP contribution in [0.3, 0.4) is 0 Å². The Morgan fingerprint density at radius 2 is 2.29 bits per heavy atom. The maximum Gasteiger partial charge on any atom is 0.488 e. The Kier molecular flexibility index (Phi) is 3.88. The van der Waals surface area contributed by atoms with Gasteiger partial charge in [0, 0.05) is 6.58 Å². The predicted octanol–water partition coefficient (Wildman–Crippen LogP) is 1.47. The molecule has 0 aliphatic carbocycles. The Morgan fingerprint density at radius 3 is 2.79 bits per heavy atom. The zero-order valence-corrected chi connectivity index (χ0v) is 9.57. The zero-order valence-electron chi connectivity index (χ0n) is 9.67. The highest BCUT2D eigenvalue weighted by Gasteiger charge is 2.37. The summed E-state index contributed by atoms with van der Waals surface area (Å²) >= 11 is 0. The van der Waals surface area contributed by atoms with E-state index in [1.54, 1.807) is 6.92 Å². The summed E-state index contributed by atoms with van der Waals surface area (Å²) in [5.74, 6) is 0.554. The van der Waals surface area contributed by atoms with Crippen molar-refractivity contribution in [2.75, 3.05) is 6.58 Å². The van der Waals surface area contributed by atoms with Crippen LogP contribution in [-0.2, 0) is 13.8 Å². The van der Waals surface area contributed by atoms with Crippen molar-refractivity contribution in [3.05, 3.63) is 0 Å². The first-order valence-electron chi connectivity index (χ1n) is 5.38. The molecule has 0 N–H and O–H groups in total. The maximum atomic E-state index is 10.4. The van der Waals surface area contributed by atoms with E-state index in [1.165, 1.54) is 0 Å². The molecular formula is C9H17O4P. The van der Waals surface area contributed by atoms with Crippen molar-refractivity contribution < 1.29 is 20.1 Å². The summed E-state index contributed by atoms with van der Waals surface area (Å²) in [5, 5.41) is 0. The molecule has 0 aromatic heterocycles. The summed E-state index contributed by atoms with van der Waals surface area (Å²) in [6.45, 7) is 5.20. The van der Waals surface area contributed by atoms with Crippen LogP contribution in [0.4, 0.5) is 0 Å². The van der Waals surface area contributed by atoms with Gasteiger partial charge in [-0.2, -0.15) is 0 Å². The minimum Gasteiger partial charge on any atom is -0.566 e. The monoisotopic (exact) mass is 222 g/mol. The van der Waals surface area contributed by atoms with E-state index in [0.717, 1.165) is 0 Å². The maximum absolute atomic E-state index is 10.4. The van der Waals surface area contributed by atoms with E-state index in [4.69, 9.17) is 10.6 Å². The van der Waals surface area contributed by atoms with E-state index in [1.807, 2.05) is 13.8 Å². The normalized spacial score (nSPS) is 37.1. The standard InChI is InChI=1S/C9H17O4P/c1-6(2)8-4-5-12-9(8)7(3)13-14(10)11/h6-9H,4-5H2,1-3H3/t7-,8+,9+/m0/s1/i5T/t5-,7-,8+,9+. The van der Waals surface area contributed by atoms with Crippen molar-refractivity contribution in [3.8, 4) is 0 Å². The number of rotatable bonds is 4. The van der Waals surface area contributed by atoms with Gasteiger partial charge in [0.25, 0.3) is 0 Å². The molecule has 1 rings (SSSR count). The van der Waals surface area contributed by atoms with E-state index >= 15 is 0 Å². The molecule has 82 valence electrons. The Morgan fingerprint density at radius 1 is 1.64 bits per heavy atom. The minimum absolute atomic E-state index is 0.192. The van der Waals surface area contributed by atoms with Crippen LogP contribution in [0.5, 0.6) is 0 Å². The Hall–Kier alpha value is -0.0200. The highest BCUT2D eigenvalue weighted by molar-refractivity contribution is 7.30. The summed E-state index contributed by atoms with van der Waals surface area (Å²) in [6.07, 6.45) is -0.152. The highest BCUT2D eigenvalue weighted by Crippen LogP contribution is 2.32. The molecule has 5 atom stereocenters. The largest absolute Gasteiger partial charge is 0.566 e. The molecule has 5 heteroatoms. The number of hydrogen-bond donors (Lipinski definition) is 0. The summed E-state index contributed by atoms with van der Waals surface area (Å²) in [5.41, 5.74) is 0. The number of hydrogen-bond acceptors (Lipinski definition) is 4. The van der Waals surface area contributed by atoms with Gasteiger partial charge in [0.05, 0.1) is 7.47 Å². The van der Waals surface area contributed by atoms with Gasteiger partial charge < -0.3 is 9.63 Å². The van der Waals surface area contributed by atoms with Crippen LogP contribution in [0, 0.1) is 11.8 Å². The van der Waals surface area contributed by atoms with Gasteiger partial charge in [-0.05, 0) is 29.7 Å². The van der Waals surface area contributed by atoms with Crippen LogP contribution in [0.25, 0.3) is 0 Å². The molecule has 0 bridgehead atoms.